The average Bonchev–Trinajstić information content (AvgIpc) is 2.56. The van der Waals surface area contributed by atoms with E-state index in [2.05, 4.69) is 10.1 Å². The van der Waals surface area contributed by atoms with Gasteiger partial charge in [-0.05, 0) is 25.5 Å². The Morgan fingerprint density at radius 2 is 1.85 bits per heavy atom. The van der Waals surface area contributed by atoms with Crippen LogP contribution in [0.4, 0.5) is 10.5 Å². The number of nitrogens with one attached hydrogen (secondary N) is 1. The van der Waals surface area contributed by atoms with Gasteiger partial charge in [-0.2, -0.15) is 0 Å². The zero-order valence-corrected chi connectivity index (χ0v) is 14.7. The molecule has 2 rings (SSSR count). The van der Waals surface area contributed by atoms with Gasteiger partial charge in [0.2, 0.25) is 0 Å². The number of hydrogen-bond acceptors (Lipinski definition) is 8. The second-order valence-corrected chi connectivity index (χ2v) is 5.74. The minimum absolute atomic E-state index is 0.0495. The highest BCUT2D eigenvalue weighted by molar-refractivity contribution is 6.31. The first-order chi connectivity index (χ1) is 12.2. The standard InChI is InChI=1S/C15H14ClN3O7/c1-7-13(19(23)24)12(14(8(2)17-7)26-15(20)25-3)10-6-9(18(21)22)4-5-11(10)16/h4-6,12,17H,1-3H3. The van der Waals surface area contributed by atoms with Crippen molar-refractivity contribution in [3.63, 3.8) is 0 Å². The Morgan fingerprint density at radius 3 is 2.38 bits per heavy atom. The molecular formula is C15H14ClN3O7. The Morgan fingerprint density at radius 1 is 1.19 bits per heavy atom. The van der Waals surface area contributed by atoms with Gasteiger partial charge in [-0.1, -0.05) is 11.6 Å². The van der Waals surface area contributed by atoms with Crippen LogP contribution in [0.15, 0.2) is 41.0 Å². The molecule has 10 nitrogen and oxygen atoms in total. The minimum atomic E-state index is -1.24. The Bertz CT molecular complexity index is 863. The number of nitro benzene ring substituents is 1. The van der Waals surface area contributed by atoms with Crippen LogP contribution in [0.25, 0.3) is 0 Å². The van der Waals surface area contributed by atoms with Gasteiger partial charge >= 0.3 is 6.16 Å². The molecule has 1 heterocycles. The molecule has 1 aliphatic heterocycles. The maximum atomic E-state index is 11.6. The molecule has 0 spiro atoms. The third-order valence-corrected chi connectivity index (χ3v) is 4.07. The molecule has 1 unspecified atom stereocenters. The van der Waals surface area contributed by atoms with Crippen molar-refractivity contribution >= 4 is 23.4 Å². The molecule has 1 aromatic carbocycles. The van der Waals surface area contributed by atoms with Gasteiger partial charge in [0.05, 0.1) is 28.4 Å². The summed E-state index contributed by atoms with van der Waals surface area (Å²) in [5.74, 6) is -1.37. The smallest absolute Gasteiger partial charge is 0.437 e. The molecule has 0 amide bonds. The molecule has 0 saturated carbocycles. The molecule has 0 aliphatic carbocycles. The normalized spacial score (nSPS) is 16.8. The maximum Gasteiger partial charge on any atom is 0.513 e. The van der Waals surface area contributed by atoms with E-state index in [0.29, 0.717) is 5.70 Å². The van der Waals surface area contributed by atoms with Gasteiger partial charge in [-0.15, -0.1) is 0 Å². The van der Waals surface area contributed by atoms with Gasteiger partial charge in [0.1, 0.15) is 11.7 Å². The molecule has 0 aromatic heterocycles. The van der Waals surface area contributed by atoms with E-state index in [-0.39, 0.29) is 33.4 Å². The van der Waals surface area contributed by atoms with Gasteiger partial charge in [0.15, 0.2) is 0 Å². The van der Waals surface area contributed by atoms with Gasteiger partial charge < -0.3 is 14.8 Å². The van der Waals surface area contributed by atoms with Crippen molar-refractivity contribution in [1.29, 1.82) is 0 Å². The molecule has 1 N–H and O–H groups in total. The monoisotopic (exact) mass is 383 g/mol. The number of non-ortho nitro benzene ring substituents is 1. The van der Waals surface area contributed by atoms with Crippen LogP contribution < -0.4 is 5.32 Å². The highest BCUT2D eigenvalue weighted by Crippen LogP contribution is 2.42. The fourth-order valence-electron chi connectivity index (χ4n) is 2.63. The van der Waals surface area contributed by atoms with Crippen molar-refractivity contribution in [3.8, 4) is 0 Å². The summed E-state index contributed by atoms with van der Waals surface area (Å²) in [6.07, 6.45) is -1.09. The van der Waals surface area contributed by atoms with Crippen LogP contribution >= 0.6 is 11.6 Å². The fourth-order valence-corrected chi connectivity index (χ4v) is 2.85. The molecule has 11 heteroatoms. The number of nitrogens with zero attached hydrogens (tertiary/aromatic N) is 2. The molecule has 0 fully saturated rings. The number of benzene rings is 1. The van der Waals surface area contributed by atoms with Crippen LogP contribution in [0.2, 0.25) is 5.02 Å². The summed E-state index contributed by atoms with van der Waals surface area (Å²) in [7, 11) is 1.08. The van der Waals surface area contributed by atoms with Crippen LogP contribution in [0, 0.1) is 20.2 Å². The zero-order chi connectivity index (χ0) is 19.6. The Labute approximate surface area is 152 Å². The first-order valence-electron chi connectivity index (χ1n) is 7.20. The van der Waals surface area contributed by atoms with Crippen molar-refractivity contribution in [2.75, 3.05) is 7.11 Å². The van der Waals surface area contributed by atoms with E-state index < -0.39 is 21.9 Å². The first kappa shape index (κ1) is 19.2. The molecule has 0 saturated heterocycles. The zero-order valence-electron chi connectivity index (χ0n) is 13.9. The van der Waals surface area contributed by atoms with Crippen LogP contribution in [-0.4, -0.2) is 23.1 Å². The molecule has 26 heavy (non-hydrogen) atoms. The van der Waals surface area contributed by atoms with Crippen molar-refractivity contribution < 1.29 is 24.1 Å². The minimum Gasteiger partial charge on any atom is -0.437 e. The van der Waals surface area contributed by atoms with Crippen molar-refractivity contribution in [2.24, 2.45) is 0 Å². The Hall–Kier alpha value is -3.14. The highest BCUT2D eigenvalue weighted by Gasteiger charge is 2.41. The second kappa shape index (κ2) is 7.40. The number of methoxy groups -OCH3 is 1. The van der Waals surface area contributed by atoms with Crippen molar-refractivity contribution in [1.82, 2.24) is 5.32 Å². The number of nitro groups is 2. The first-order valence-corrected chi connectivity index (χ1v) is 7.57. The van der Waals surface area contributed by atoms with Crippen molar-refractivity contribution in [2.45, 2.75) is 19.8 Å². The van der Waals surface area contributed by atoms with E-state index in [0.717, 1.165) is 13.2 Å². The van der Waals surface area contributed by atoms with Crippen LogP contribution in [0.3, 0.4) is 0 Å². The van der Waals surface area contributed by atoms with Crippen LogP contribution in [0.1, 0.15) is 25.3 Å². The van der Waals surface area contributed by atoms with E-state index in [1.165, 1.54) is 26.0 Å². The lowest BCUT2D eigenvalue weighted by Crippen LogP contribution is -2.30. The highest BCUT2D eigenvalue weighted by atomic mass is 35.5. The molecule has 1 atom stereocenters. The lowest BCUT2D eigenvalue weighted by molar-refractivity contribution is -0.431. The number of rotatable bonds is 4. The average molecular weight is 384 g/mol. The molecule has 1 aromatic rings. The summed E-state index contributed by atoms with van der Waals surface area (Å²) in [6, 6.07) is 3.55. The number of dihydropyridines is 1. The topological polar surface area (TPSA) is 134 Å². The van der Waals surface area contributed by atoms with Gasteiger partial charge in [0.25, 0.3) is 11.4 Å². The quantitative estimate of drug-likeness (QED) is 0.474. The molecular weight excluding hydrogens is 370 g/mol. The van der Waals surface area contributed by atoms with Crippen LogP contribution in [0.5, 0.6) is 0 Å². The Balaban J connectivity index is 2.73. The van der Waals surface area contributed by atoms with E-state index in [1.807, 2.05) is 0 Å². The largest absolute Gasteiger partial charge is 0.513 e. The van der Waals surface area contributed by atoms with E-state index >= 15 is 0 Å². The lowest BCUT2D eigenvalue weighted by Gasteiger charge is -2.26. The van der Waals surface area contributed by atoms with Crippen LogP contribution in [-0.2, 0) is 9.47 Å². The maximum absolute atomic E-state index is 11.6. The molecule has 0 radical (unpaired) electrons. The SMILES string of the molecule is COC(=O)OC1=C(C)NC(C)=C([N+](=O)[O-])C1c1cc([N+](=O)[O-])ccc1Cl. The Kier molecular flexibility index (Phi) is 5.46. The number of allylic oxidation sites excluding steroid dienone is 2. The molecule has 0 bridgehead atoms. The molecule has 1 aliphatic rings. The van der Waals surface area contributed by atoms with Crippen molar-refractivity contribution in [3.05, 3.63) is 71.9 Å². The second-order valence-electron chi connectivity index (χ2n) is 5.33. The molecule has 138 valence electrons. The number of carbonyl (C=O) groups is 1. The summed E-state index contributed by atoms with van der Waals surface area (Å²) in [5, 5.41) is 25.5. The fraction of sp³-hybridized carbons (Fsp3) is 0.267. The summed E-state index contributed by atoms with van der Waals surface area (Å²) in [4.78, 5) is 33.0. The van der Waals surface area contributed by atoms with Gasteiger partial charge in [0, 0.05) is 17.2 Å². The summed E-state index contributed by atoms with van der Waals surface area (Å²) >= 11 is 6.15. The number of halogens is 1. The van der Waals surface area contributed by atoms with E-state index in [1.54, 1.807) is 0 Å². The van der Waals surface area contributed by atoms with E-state index in [9.17, 15) is 25.0 Å². The summed E-state index contributed by atoms with van der Waals surface area (Å²) in [6.45, 7) is 3.01. The number of ether oxygens (including phenoxy) is 2. The number of carbonyl (C=O) groups excluding carboxylic acids is 1. The third-order valence-electron chi connectivity index (χ3n) is 3.72. The van der Waals surface area contributed by atoms with E-state index in [4.69, 9.17) is 16.3 Å². The third kappa shape index (κ3) is 3.59. The van der Waals surface area contributed by atoms with Gasteiger partial charge in [-0.25, -0.2) is 4.79 Å². The summed E-state index contributed by atoms with van der Waals surface area (Å²) < 4.78 is 9.54. The summed E-state index contributed by atoms with van der Waals surface area (Å²) in [5.41, 5.74) is -0.0923. The lowest BCUT2D eigenvalue weighted by atomic mass is 9.89. The predicted octanol–water partition coefficient (Wildman–Crippen LogP) is 3.46. The number of hydrogen-bond donors (Lipinski definition) is 1. The van der Waals surface area contributed by atoms with Gasteiger partial charge in [-0.3, -0.25) is 20.2 Å². The predicted molar refractivity (Wildman–Crippen MR) is 89.9 cm³/mol.